The fraction of sp³-hybridized carbons (Fsp3) is 0.609. The highest BCUT2D eigenvalue weighted by Crippen LogP contribution is 2.28. The van der Waals surface area contributed by atoms with E-state index >= 15 is 0 Å². The zero-order valence-corrected chi connectivity index (χ0v) is 17.8. The van der Waals surface area contributed by atoms with Gasteiger partial charge < -0.3 is 10.2 Å². The van der Waals surface area contributed by atoms with Crippen molar-refractivity contribution in [2.75, 3.05) is 13.1 Å². The summed E-state index contributed by atoms with van der Waals surface area (Å²) in [4.78, 5) is 39.4. The monoisotopic (exact) mass is 413 g/mol. The summed E-state index contributed by atoms with van der Waals surface area (Å²) in [6.45, 7) is 3.04. The van der Waals surface area contributed by atoms with Crippen molar-refractivity contribution in [3.05, 3.63) is 35.9 Å². The first-order valence-electron chi connectivity index (χ1n) is 11.3. The van der Waals surface area contributed by atoms with E-state index in [-0.39, 0.29) is 11.8 Å². The van der Waals surface area contributed by atoms with Gasteiger partial charge in [-0.15, -0.1) is 0 Å². The van der Waals surface area contributed by atoms with Crippen molar-refractivity contribution < 1.29 is 19.3 Å². The molecule has 0 radical (unpaired) electrons. The number of amides is 4. The minimum Gasteiger partial charge on any atom is -0.324 e. The van der Waals surface area contributed by atoms with Crippen LogP contribution in [0, 0.1) is 5.92 Å². The highest BCUT2D eigenvalue weighted by Gasteiger charge is 2.48. The van der Waals surface area contributed by atoms with Crippen LogP contribution in [0.25, 0.3) is 0 Å². The third-order valence-corrected chi connectivity index (χ3v) is 7.15. The Balaban J connectivity index is 1.34. The van der Waals surface area contributed by atoms with Crippen LogP contribution < -0.4 is 15.6 Å². The van der Waals surface area contributed by atoms with Crippen molar-refractivity contribution >= 4 is 17.8 Å². The maximum atomic E-state index is 12.9. The number of rotatable bonds is 6. The van der Waals surface area contributed by atoms with Gasteiger partial charge in [0.2, 0.25) is 0 Å². The van der Waals surface area contributed by atoms with Gasteiger partial charge in [-0.25, -0.2) is 4.79 Å². The predicted molar refractivity (Wildman–Crippen MR) is 112 cm³/mol. The maximum absolute atomic E-state index is 12.9. The number of nitrogens with one attached hydrogen (secondary N) is 3. The normalized spacial score (nSPS) is 31.2. The van der Waals surface area contributed by atoms with Gasteiger partial charge in [-0.2, -0.15) is 5.01 Å². The summed E-state index contributed by atoms with van der Waals surface area (Å²) < 4.78 is 0. The Labute approximate surface area is 178 Å². The molecule has 30 heavy (non-hydrogen) atoms. The van der Waals surface area contributed by atoms with Crippen LogP contribution in [0.15, 0.2) is 30.3 Å². The van der Waals surface area contributed by atoms with Gasteiger partial charge in [0, 0.05) is 5.92 Å². The summed E-state index contributed by atoms with van der Waals surface area (Å²) in [7, 11) is 0. The van der Waals surface area contributed by atoms with Crippen LogP contribution in [-0.2, 0) is 16.0 Å². The molecule has 0 bridgehead atoms. The van der Waals surface area contributed by atoms with Crippen molar-refractivity contribution in [3.63, 3.8) is 0 Å². The largest absolute Gasteiger partial charge is 0.344 e. The molecule has 2 heterocycles. The van der Waals surface area contributed by atoms with Crippen molar-refractivity contribution in [3.8, 4) is 0 Å². The molecule has 0 spiro atoms. The first-order valence-corrected chi connectivity index (χ1v) is 11.3. The maximum Gasteiger partial charge on any atom is 0.344 e. The Bertz CT molecular complexity index is 797. The second-order valence-corrected chi connectivity index (χ2v) is 9.30. The Morgan fingerprint density at radius 1 is 1.17 bits per heavy atom. The van der Waals surface area contributed by atoms with Gasteiger partial charge in [-0.3, -0.25) is 15.0 Å². The van der Waals surface area contributed by atoms with E-state index in [2.05, 4.69) is 10.7 Å². The molecule has 3 fully saturated rings. The molecular formula is C23H33N4O3+. The number of benzene rings is 1. The van der Waals surface area contributed by atoms with Crippen LogP contribution in [0.5, 0.6) is 0 Å². The van der Waals surface area contributed by atoms with E-state index in [1.165, 1.54) is 37.0 Å². The molecule has 4 amide bonds. The van der Waals surface area contributed by atoms with Crippen LogP contribution in [-0.4, -0.2) is 47.5 Å². The average molecular weight is 414 g/mol. The molecule has 1 unspecified atom stereocenters. The van der Waals surface area contributed by atoms with E-state index in [4.69, 9.17) is 0 Å². The van der Waals surface area contributed by atoms with Crippen molar-refractivity contribution in [1.82, 2.24) is 15.8 Å². The summed E-state index contributed by atoms with van der Waals surface area (Å²) in [6.07, 6.45) is 8.54. The molecule has 7 nitrogen and oxygen atoms in total. The molecule has 3 N–H and O–H groups in total. The Morgan fingerprint density at radius 3 is 2.70 bits per heavy atom. The zero-order chi connectivity index (χ0) is 21.1. The van der Waals surface area contributed by atoms with E-state index in [0.29, 0.717) is 31.3 Å². The fourth-order valence-corrected chi connectivity index (χ4v) is 5.45. The minimum atomic E-state index is -1.01. The molecule has 4 rings (SSSR count). The molecule has 1 saturated carbocycles. The number of quaternary nitrogens is 1. The lowest BCUT2D eigenvalue weighted by atomic mass is 9.78. The number of hydrogen-bond acceptors (Lipinski definition) is 3. The lowest BCUT2D eigenvalue weighted by Gasteiger charge is -2.40. The molecule has 7 heteroatoms. The number of fused-ring (bicyclic) bond motifs is 1. The van der Waals surface area contributed by atoms with Gasteiger partial charge in [0.1, 0.15) is 5.54 Å². The average Bonchev–Trinajstić information content (AvgIpc) is 2.97. The molecule has 3 aliphatic rings. The van der Waals surface area contributed by atoms with Crippen LogP contribution in [0.1, 0.15) is 57.4 Å². The number of hydrogen-bond donors (Lipinski definition) is 3. The number of aryl methyl sites for hydroxylation is 1. The Morgan fingerprint density at radius 2 is 1.90 bits per heavy atom. The van der Waals surface area contributed by atoms with E-state index in [1.54, 1.807) is 6.92 Å². The zero-order valence-electron chi connectivity index (χ0n) is 17.8. The highest BCUT2D eigenvalue weighted by molar-refractivity contribution is 6.07. The van der Waals surface area contributed by atoms with Gasteiger partial charge in [-0.05, 0) is 57.4 Å². The second kappa shape index (κ2) is 8.76. The van der Waals surface area contributed by atoms with E-state index in [0.717, 1.165) is 23.5 Å². The number of urea groups is 1. The van der Waals surface area contributed by atoms with Gasteiger partial charge >= 0.3 is 6.03 Å². The quantitative estimate of drug-likeness (QED) is 0.613. The summed E-state index contributed by atoms with van der Waals surface area (Å²) in [6, 6.07) is 9.86. The molecule has 2 aliphatic heterocycles. The number of hydrazine groups is 1. The summed E-state index contributed by atoms with van der Waals surface area (Å²) in [5.41, 5.74) is 2.69. The standard InChI is InChI=1S/C23H32N4O3/c1-23(14-13-17-8-3-2-4-9-17)21(29)27(22(30)24-23)25-20(28)16-26-15-7-11-18-10-5-6-12-19(18)26/h2-4,8-9,18-19H,5-7,10-16H2,1H3,(H,24,30)(H,25,28)/p+1/t18-,19+,23-/m1/s1. The number of imide groups is 1. The number of likely N-dealkylation sites (tertiary alicyclic amines) is 1. The van der Waals surface area contributed by atoms with Gasteiger partial charge in [0.05, 0.1) is 12.6 Å². The number of piperidine rings is 1. The van der Waals surface area contributed by atoms with Gasteiger partial charge in [0.15, 0.2) is 6.54 Å². The van der Waals surface area contributed by atoms with E-state index < -0.39 is 11.6 Å². The van der Waals surface area contributed by atoms with Crippen LogP contribution in [0.4, 0.5) is 4.79 Å². The smallest absolute Gasteiger partial charge is 0.324 e. The molecular weight excluding hydrogens is 380 g/mol. The molecule has 0 aromatic heterocycles. The summed E-state index contributed by atoms with van der Waals surface area (Å²) in [5, 5.41) is 3.65. The Kier molecular flexibility index (Phi) is 6.09. The third kappa shape index (κ3) is 4.36. The molecule has 162 valence electrons. The first-order chi connectivity index (χ1) is 14.5. The predicted octanol–water partition coefficient (Wildman–Crippen LogP) is 1.20. The summed E-state index contributed by atoms with van der Waals surface area (Å²) >= 11 is 0. The van der Waals surface area contributed by atoms with Crippen molar-refractivity contribution in [2.24, 2.45) is 5.92 Å². The van der Waals surface area contributed by atoms with Crippen LogP contribution >= 0.6 is 0 Å². The third-order valence-electron chi connectivity index (χ3n) is 7.15. The number of carbonyl (C=O) groups excluding carboxylic acids is 3. The summed E-state index contributed by atoms with van der Waals surface area (Å²) in [5.74, 6) is 0.0706. The van der Waals surface area contributed by atoms with Gasteiger partial charge in [0.25, 0.3) is 11.8 Å². The van der Waals surface area contributed by atoms with Crippen LogP contribution in [0.3, 0.4) is 0 Å². The van der Waals surface area contributed by atoms with E-state index in [9.17, 15) is 14.4 Å². The first kappa shape index (κ1) is 20.8. The molecule has 1 aromatic rings. The van der Waals surface area contributed by atoms with Gasteiger partial charge in [-0.1, -0.05) is 36.8 Å². The molecule has 2 saturated heterocycles. The highest BCUT2D eigenvalue weighted by atomic mass is 16.2. The lowest BCUT2D eigenvalue weighted by Crippen LogP contribution is -3.18. The van der Waals surface area contributed by atoms with Crippen LogP contribution in [0.2, 0.25) is 0 Å². The molecule has 4 atom stereocenters. The second-order valence-electron chi connectivity index (χ2n) is 9.30. The lowest BCUT2D eigenvalue weighted by molar-refractivity contribution is -0.928. The molecule has 1 aliphatic carbocycles. The number of nitrogens with zero attached hydrogens (tertiary/aromatic N) is 1. The number of carbonyl (C=O) groups is 3. The molecule has 1 aromatic carbocycles. The van der Waals surface area contributed by atoms with Crippen molar-refractivity contribution in [2.45, 2.75) is 69.9 Å². The fourth-order valence-electron chi connectivity index (χ4n) is 5.45. The Hall–Kier alpha value is -2.41. The van der Waals surface area contributed by atoms with E-state index in [1.807, 2.05) is 30.3 Å². The topological polar surface area (TPSA) is 83.0 Å². The minimum absolute atomic E-state index is 0.257. The van der Waals surface area contributed by atoms with Crippen molar-refractivity contribution in [1.29, 1.82) is 0 Å². The SMILES string of the molecule is C[C@]1(CCc2ccccc2)NC(=O)N(NC(=O)C[NH+]2CCC[C@H]3CCCC[C@@H]32)C1=O.